The molecule has 1 aromatic rings. The van der Waals surface area contributed by atoms with Crippen LogP contribution in [0.25, 0.3) is 0 Å². The lowest BCUT2D eigenvalue weighted by atomic mass is 10.2. The van der Waals surface area contributed by atoms with Crippen LogP contribution in [-0.2, 0) is 4.79 Å². The number of aliphatic hydroxyl groups excluding tert-OH is 1. The first kappa shape index (κ1) is 16.7. The summed E-state index contributed by atoms with van der Waals surface area (Å²) in [6.45, 7) is 1.63. The maximum Gasteiger partial charge on any atom is 0.270 e. The number of likely N-dealkylation sites (N-methyl/N-ethyl adjacent to an activating group) is 1. The number of rotatable bonds is 4. The number of hydrogen-bond acceptors (Lipinski definition) is 4. The Morgan fingerprint density at radius 3 is 2.67 bits per heavy atom. The summed E-state index contributed by atoms with van der Waals surface area (Å²) in [5.41, 5.74) is 0.888. The number of nitrogens with zero attached hydrogens (tertiary/aromatic N) is 2. The van der Waals surface area contributed by atoms with E-state index in [9.17, 15) is 9.59 Å². The molecule has 0 aliphatic heterocycles. The Bertz CT molecular complexity index is 556. The van der Waals surface area contributed by atoms with E-state index in [1.807, 2.05) is 0 Å². The summed E-state index contributed by atoms with van der Waals surface area (Å²) in [5.74, 6) is 4.99. The largest absolute Gasteiger partial charge is 0.395 e. The maximum absolute atomic E-state index is 11.9. The Hall–Kier alpha value is -2.39. The van der Waals surface area contributed by atoms with Crippen molar-refractivity contribution in [1.82, 2.24) is 15.2 Å². The molecule has 6 nitrogen and oxygen atoms in total. The van der Waals surface area contributed by atoms with Gasteiger partial charge >= 0.3 is 0 Å². The Morgan fingerprint density at radius 2 is 2.14 bits per heavy atom. The highest BCUT2D eigenvalue weighted by Gasteiger charge is 2.18. The fourth-order valence-corrected chi connectivity index (χ4v) is 1.54. The molecule has 0 saturated carbocycles. The Morgan fingerprint density at radius 1 is 1.43 bits per heavy atom. The van der Waals surface area contributed by atoms with E-state index in [0.29, 0.717) is 12.0 Å². The third-order valence-corrected chi connectivity index (χ3v) is 2.62. The average Bonchev–Trinajstić information content (AvgIpc) is 2.47. The summed E-state index contributed by atoms with van der Waals surface area (Å²) in [6.07, 6.45) is 1.88. The quantitative estimate of drug-likeness (QED) is 0.766. The molecule has 0 bridgehead atoms. The SMILES string of the molecule is CC(NC(=O)c1ccc(C#CCCO)cn1)C(=O)N(C)C. The van der Waals surface area contributed by atoms with Crippen molar-refractivity contribution in [1.29, 1.82) is 0 Å². The topological polar surface area (TPSA) is 82.5 Å². The highest BCUT2D eigenvalue weighted by Crippen LogP contribution is 2.00. The lowest BCUT2D eigenvalue weighted by molar-refractivity contribution is -0.130. The zero-order valence-electron chi connectivity index (χ0n) is 12.4. The van der Waals surface area contributed by atoms with E-state index in [1.165, 1.54) is 11.1 Å². The maximum atomic E-state index is 11.9. The summed E-state index contributed by atoms with van der Waals surface area (Å²) in [6, 6.07) is 2.61. The molecular formula is C15H19N3O3. The van der Waals surface area contributed by atoms with Crippen LogP contribution in [0.4, 0.5) is 0 Å². The smallest absolute Gasteiger partial charge is 0.270 e. The monoisotopic (exact) mass is 289 g/mol. The van der Waals surface area contributed by atoms with Gasteiger partial charge in [0.15, 0.2) is 0 Å². The first-order chi connectivity index (χ1) is 9.95. The Kier molecular flexibility index (Phi) is 6.37. The van der Waals surface area contributed by atoms with Crippen molar-refractivity contribution in [3.63, 3.8) is 0 Å². The standard InChI is InChI=1S/C15H19N3O3/c1-11(15(21)18(2)3)17-14(20)13-8-7-12(10-16-13)6-4-5-9-19/h7-8,10-11,19H,5,9H2,1-3H3,(H,17,20). The highest BCUT2D eigenvalue weighted by atomic mass is 16.2. The first-order valence-electron chi connectivity index (χ1n) is 6.53. The van der Waals surface area contributed by atoms with Crippen LogP contribution in [0.15, 0.2) is 18.3 Å². The van der Waals surface area contributed by atoms with Crippen LogP contribution in [-0.4, -0.2) is 53.5 Å². The molecule has 1 unspecified atom stereocenters. The number of aliphatic hydroxyl groups is 1. The van der Waals surface area contributed by atoms with Gasteiger partial charge in [0.05, 0.1) is 6.61 Å². The van der Waals surface area contributed by atoms with E-state index >= 15 is 0 Å². The number of aromatic nitrogens is 1. The van der Waals surface area contributed by atoms with Crippen molar-refractivity contribution in [2.24, 2.45) is 0 Å². The summed E-state index contributed by atoms with van der Waals surface area (Å²) >= 11 is 0. The molecular weight excluding hydrogens is 270 g/mol. The molecule has 2 N–H and O–H groups in total. The molecule has 0 aliphatic rings. The van der Waals surface area contributed by atoms with Crippen LogP contribution in [0.2, 0.25) is 0 Å². The molecule has 2 amide bonds. The molecule has 1 atom stereocenters. The Balaban J connectivity index is 2.68. The summed E-state index contributed by atoms with van der Waals surface area (Å²) in [4.78, 5) is 29.0. The van der Waals surface area contributed by atoms with Crippen LogP contribution >= 0.6 is 0 Å². The van der Waals surface area contributed by atoms with Crippen molar-refractivity contribution in [3.05, 3.63) is 29.6 Å². The van der Waals surface area contributed by atoms with E-state index in [1.54, 1.807) is 33.2 Å². The number of hydrogen-bond donors (Lipinski definition) is 2. The second-order valence-electron chi connectivity index (χ2n) is 4.64. The van der Waals surface area contributed by atoms with Crippen molar-refractivity contribution >= 4 is 11.8 Å². The van der Waals surface area contributed by atoms with Crippen molar-refractivity contribution in [2.45, 2.75) is 19.4 Å². The fourth-order valence-electron chi connectivity index (χ4n) is 1.54. The minimum absolute atomic E-state index is 0.0126. The number of pyridine rings is 1. The third kappa shape index (κ3) is 5.24. The van der Waals surface area contributed by atoms with Gasteiger partial charge in [-0.3, -0.25) is 9.59 Å². The molecule has 0 aromatic carbocycles. The minimum Gasteiger partial charge on any atom is -0.395 e. The number of carbonyl (C=O) groups excluding carboxylic acids is 2. The van der Waals surface area contributed by atoms with Crippen LogP contribution < -0.4 is 5.32 Å². The van der Waals surface area contributed by atoms with Gasteiger partial charge in [-0.05, 0) is 19.1 Å². The van der Waals surface area contributed by atoms with Crippen LogP contribution in [0.3, 0.4) is 0 Å². The second-order valence-corrected chi connectivity index (χ2v) is 4.64. The molecule has 0 spiro atoms. The molecule has 21 heavy (non-hydrogen) atoms. The van der Waals surface area contributed by atoms with E-state index in [-0.39, 0.29) is 18.2 Å². The Labute approximate surface area is 124 Å². The third-order valence-electron chi connectivity index (χ3n) is 2.62. The van der Waals surface area contributed by atoms with Gasteiger partial charge in [-0.15, -0.1) is 0 Å². The van der Waals surface area contributed by atoms with Gasteiger partial charge in [0.2, 0.25) is 5.91 Å². The molecule has 0 fully saturated rings. The number of amides is 2. The second kappa shape index (κ2) is 8.02. The van der Waals surface area contributed by atoms with Crippen molar-refractivity contribution < 1.29 is 14.7 Å². The predicted molar refractivity (Wildman–Crippen MR) is 78.4 cm³/mol. The van der Waals surface area contributed by atoms with Crippen molar-refractivity contribution in [3.8, 4) is 11.8 Å². The van der Waals surface area contributed by atoms with E-state index in [4.69, 9.17) is 5.11 Å². The molecule has 1 aromatic heterocycles. The van der Waals surface area contributed by atoms with Crippen molar-refractivity contribution in [2.75, 3.05) is 20.7 Å². The van der Waals surface area contributed by atoms with Gasteiger partial charge in [-0.1, -0.05) is 11.8 Å². The van der Waals surface area contributed by atoms with Gasteiger partial charge < -0.3 is 15.3 Å². The van der Waals surface area contributed by atoms with Gasteiger partial charge in [0.25, 0.3) is 5.91 Å². The first-order valence-corrected chi connectivity index (χ1v) is 6.53. The van der Waals surface area contributed by atoms with E-state index < -0.39 is 11.9 Å². The lowest BCUT2D eigenvalue weighted by Gasteiger charge is -2.17. The molecule has 0 radical (unpaired) electrons. The van der Waals surface area contributed by atoms with E-state index in [0.717, 1.165) is 0 Å². The number of carbonyl (C=O) groups is 2. The minimum atomic E-state index is -0.613. The summed E-state index contributed by atoms with van der Waals surface area (Å²) in [7, 11) is 3.26. The summed E-state index contributed by atoms with van der Waals surface area (Å²) in [5, 5.41) is 11.2. The fraction of sp³-hybridized carbons (Fsp3) is 0.400. The van der Waals surface area contributed by atoms with Gasteiger partial charge in [0.1, 0.15) is 11.7 Å². The molecule has 0 aliphatic carbocycles. The average molecular weight is 289 g/mol. The number of nitrogens with one attached hydrogen (secondary N) is 1. The zero-order valence-corrected chi connectivity index (χ0v) is 12.4. The molecule has 1 rings (SSSR count). The van der Waals surface area contributed by atoms with Gasteiger partial charge in [-0.2, -0.15) is 0 Å². The molecule has 112 valence electrons. The van der Waals surface area contributed by atoms with Crippen LogP contribution in [0, 0.1) is 11.8 Å². The lowest BCUT2D eigenvalue weighted by Crippen LogP contribution is -2.44. The molecule has 1 heterocycles. The molecule has 0 saturated heterocycles. The zero-order chi connectivity index (χ0) is 15.8. The van der Waals surface area contributed by atoms with Gasteiger partial charge in [-0.25, -0.2) is 4.98 Å². The van der Waals surface area contributed by atoms with Crippen LogP contribution in [0.1, 0.15) is 29.4 Å². The highest BCUT2D eigenvalue weighted by molar-refractivity contribution is 5.95. The molecule has 6 heteroatoms. The predicted octanol–water partition coefficient (Wildman–Crippen LogP) is 0.0220. The van der Waals surface area contributed by atoms with Gasteiger partial charge in [0, 0.05) is 32.3 Å². The van der Waals surface area contributed by atoms with Crippen LogP contribution in [0.5, 0.6) is 0 Å². The summed E-state index contributed by atoms with van der Waals surface area (Å²) < 4.78 is 0. The normalized spacial score (nSPS) is 11.0. The van der Waals surface area contributed by atoms with E-state index in [2.05, 4.69) is 22.1 Å².